The van der Waals surface area contributed by atoms with E-state index in [4.69, 9.17) is 10.5 Å². The van der Waals surface area contributed by atoms with Gasteiger partial charge >= 0.3 is 5.97 Å². The van der Waals surface area contributed by atoms with E-state index in [1.54, 1.807) is 0 Å². The van der Waals surface area contributed by atoms with E-state index in [0.29, 0.717) is 5.56 Å². The summed E-state index contributed by atoms with van der Waals surface area (Å²) in [5.41, 5.74) is 6.87. The van der Waals surface area contributed by atoms with E-state index in [2.05, 4.69) is 15.9 Å². The van der Waals surface area contributed by atoms with Crippen LogP contribution in [-0.2, 0) is 11.3 Å². The van der Waals surface area contributed by atoms with Gasteiger partial charge in [0.2, 0.25) is 0 Å². The topological polar surface area (TPSA) is 72.6 Å². The molecule has 98 valence electrons. The number of nitrogen functional groups attached to an aromatic ring is 1. The molecular weight excluding hydrogens is 310 g/mol. The number of nitrogens with two attached hydrogens (primary N) is 1. The third-order valence-electron chi connectivity index (χ3n) is 2.52. The molecule has 0 spiro atoms. The quantitative estimate of drug-likeness (QED) is 0.517. The van der Waals surface area contributed by atoms with Gasteiger partial charge in [0.15, 0.2) is 0 Å². The van der Waals surface area contributed by atoms with Crippen molar-refractivity contribution in [1.82, 2.24) is 0 Å². The van der Waals surface area contributed by atoms with Crippen molar-refractivity contribution in [2.75, 3.05) is 5.73 Å². The lowest BCUT2D eigenvalue weighted by Gasteiger charge is -2.06. The van der Waals surface area contributed by atoms with Crippen molar-refractivity contribution in [2.24, 2.45) is 0 Å². The monoisotopic (exact) mass is 321 g/mol. The number of hydrogen-bond donors (Lipinski definition) is 2. The minimum atomic E-state index is -0.480. The Labute approximate surface area is 118 Å². The van der Waals surface area contributed by atoms with Gasteiger partial charge < -0.3 is 15.6 Å². The molecule has 19 heavy (non-hydrogen) atoms. The zero-order valence-electron chi connectivity index (χ0n) is 9.97. The van der Waals surface area contributed by atoms with Gasteiger partial charge in [0.25, 0.3) is 0 Å². The SMILES string of the molecule is Nc1cc(C(=O)OCc2cccc(Br)c2)ccc1O. The predicted octanol–water partition coefficient (Wildman–Crippen LogP) is 3.09. The van der Waals surface area contributed by atoms with Crippen LogP contribution in [0, 0.1) is 0 Å². The summed E-state index contributed by atoms with van der Waals surface area (Å²) in [4.78, 5) is 11.8. The first kappa shape index (κ1) is 13.4. The van der Waals surface area contributed by atoms with E-state index in [0.717, 1.165) is 10.0 Å². The minimum Gasteiger partial charge on any atom is -0.506 e. The fourth-order valence-electron chi connectivity index (χ4n) is 1.54. The van der Waals surface area contributed by atoms with E-state index in [1.165, 1.54) is 18.2 Å². The van der Waals surface area contributed by atoms with Crippen molar-refractivity contribution in [3.8, 4) is 5.75 Å². The summed E-state index contributed by atoms with van der Waals surface area (Å²) >= 11 is 3.35. The molecule has 0 amide bonds. The molecule has 5 heteroatoms. The fourth-order valence-corrected chi connectivity index (χ4v) is 1.99. The van der Waals surface area contributed by atoms with Crippen molar-refractivity contribution in [1.29, 1.82) is 0 Å². The smallest absolute Gasteiger partial charge is 0.338 e. The Bertz CT molecular complexity index is 613. The number of aromatic hydroxyl groups is 1. The molecule has 0 aliphatic heterocycles. The minimum absolute atomic E-state index is 0.0523. The standard InChI is InChI=1S/C14H12BrNO3/c15-11-3-1-2-9(6-11)8-19-14(18)10-4-5-13(17)12(16)7-10/h1-7,17H,8,16H2. The first-order chi connectivity index (χ1) is 9.06. The highest BCUT2D eigenvalue weighted by atomic mass is 79.9. The predicted molar refractivity (Wildman–Crippen MR) is 75.8 cm³/mol. The molecule has 0 saturated carbocycles. The summed E-state index contributed by atoms with van der Waals surface area (Å²) in [6, 6.07) is 11.7. The molecule has 4 nitrogen and oxygen atoms in total. The van der Waals surface area contributed by atoms with Crippen LogP contribution >= 0.6 is 15.9 Å². The Morgan fingerprint density at radius 2 is 2.05 bits per heavy atom. The van der Waals surface area contributed by atoms with E-state index in [1.807, 2.05) is 24.3 Å². The number of carbonyl (C=O) groups excluding carboxylic acids is 1. The first-order valence-electron chi connectivity index (χ1n) is 5.56. The van der Waals surface area contributed by atoms with Gasteiger partial charge in [0.1, 0.15) is 12.4 Å². The molecule has 0 aromatic heterocycles. The largest absolute Gasteiger partial charge is 0.506 e. The molecule has 2 aromatic rings. The van der Waals surface area contributed by atoms with Gasteiger partial charge in [-0.05, 0) is 35.9 Å². The molecule has 2 rings (SSSR count). The molecule has 0 heterocycles. The number of anilines is 1. The number of esters is 1. The second kappa shape index (κ2) is 5.75. The van der Waals surface area contributed by atoms with Crippen molar-refractivity contribution < 1.29 is 14.6 Å². The molecule has 0 radical (unpaired) electrons. The summed E-state index contributed by atoms with van der Waals surface area (Å²) in [6.07, 6.45) is 0. The van der Waals surface area contributed by atoms with Crippen molar-refractivity contribution in [3.05, 3.63) is 58.1 Å². The zero-order chi connectivity index (χ0) is 13.8. The Morgan fingerprint density at radius 3 is 2.74 bits per heavy atom. The molecular formula is C14H12BrNO3. The van der Waals surface area contributed by atoms with Gasteiger partial charge in [0.05, 0.1) is 11.3 Å². The average molecular weight is 322 g/mol. The highest BCUT2D eigenvalue weighted by molar-refractivity contribution is 9.10. The summed E-state index contributed by atoms with van der Waals surface area (Å²) in [5.74, 6) is -0.532. The van der Waals surface area contributed by atoms with Crippen molar-refractivity contribution >= 4 is 27.6 Å². The lowest BCUT2D eigenvalue weighted by Crippen LogP contribution is -2.05. The lowest BCUT2D eigenvalue weighted by molar-refractivity contribution is 0.0472. The zero-order valence-corrected chi connectivity index (χ0v) is 11.6. The number of phenols is 1. The second-order valence-corrected chi connectivity index (χ2v) is 4.90. The van der Waals surface area contributed by atoms with E-state index < -0.39 is 5.97 Å². The van der Waals surface area contributed by atoms with Gasteiger partial charge in [0, 0.05) is 4.47 Å². The molecule has 0 aliphatic rings. The van der Waals surface area contributed by atoms with Crippen LogP contribution in [0.3, 0.4) is 0 Å². The molecule has 3 N–H and O–H groups in total. The maximum absolute atomic E-state index is 11.8. The Morgan fingerprint density at radius 1 is 1.26 bits per heavy atom. The Kier molecular flexibility index (Phi) is 4.06. The number of benzene rings is 2. The maximum atomic E-state index is 11.8. The summed E-state index contributed by atoms with van der Waals surface area (Å²) in [6.45, 7) is 0.180. The Balaban J connectivity index is 2.03. The molecule has 0 atom stereocenters. The highest BCUT2D eigenvalue weighted by Crippen LogP contribution is 2.21. The Hall–Kier alpha value is -2.01. The van der Waals surface area contributed by atoms with Crippen LogP contribution in [-0.4, -0.2) is 11.1 Å². The first-order valence-corrected chi connectivity index (χ1v) is 6.35. The van der Waals surface area contributed by atoms with Crippen LogP contribution in [0.1, 0.15) is 15.9 Å². The van der Waals surface area contributed by atoms with Gasteiger partial charge in [-0.15, -0.1) is 0 Å². The molecule has 2 aromatic carbocycles. The second-order valence-electron chi connectivity index (χ2n) is 3.98. The van der Waals surface area contributed by atoms with Crippen molar-refractivity contribution in [2.45, 2.75) is 6.61 Å². The van der Waals surface area contributed by atoms with Crippen LogP contribution in [0.4, 0.5) is 5.69 Å². The van der Waals surface area contributed by atoms with Gasteiger partial charge in [-0.3, -0.25) is 0 Å². The number of carbonyl (C=O) groups is 1. The van der Waals surface area contributed by atoms with E-state index in [9.17, 15) is 9.90 Å². The van der Waals surface area contributed by atoms with Gasteiger partial charge in [-0.25, -0.2) is 4.79 Å². The van der Waals surface area contributed by atoms with E-state index >= 15 is 0 Å². The highest BCUT2D eigenvalue weighted by Gasteiger charge is 2.09. The lowest BCUT2D eigenvalue weighted by atomic mass is 10.2. The maximum Gasteiger partial charge on any atom is 0.338 e. The van der Waals surface area contributed by atoms with Gasteiger partial charge in [-0.1, -0.05) is 28.1 Å². The van der Waals surface area contributed by atoms with E-state index in [-0.39, 0.29) is 18.0 Å². The van der Waals surface area contributed by atoms with Crippen LogP contribution in [0.15, 0.2) is 46.9 Å². The van der Waals surface area contributed by atoms with Gasteiger partial charge in [-0.2, -0.15) is 0 Å². The average Bonchev–Trinajstić information content (AvgIpc) is 2.39. The number of rotatable bonds is 3. The van der Waals surface area contributed by atoms with Crippen LogP contribution in [0.5, 0.6) is 5.75 Å². The van der Waals surface area contributed by atoms with Crippen LogP contribution < -0.4 is 5.73 Å². The van der Waals surface area contributed by atoms with Crippen LogP contribution in [0.25, 0.3) is 0 Å². The summed E-state index contributed by atoms with van der Waals surface area (Å²) in [5, 5.41) is 9.28. The normalized spacial score (nSPS) is 10.2. The number of hydrogen-bond acceptors (Lipinski definition) is 4. The molecule has 0 aliphatic carbocycles. The molecule has 0 fully saturated rings. The third kappa shape index (κ3) is 3.48. The van der Waals surface area contributed by atoms with Crippen LogP contribution in [0.2, 0.25) is 0 Å². The molecule has 0 saturated heterocycles. The fraction of sp³-hybridized carbons (Fsp3) is 0.0714. The summed E-state index contributed by atoms with van der Waals surface area (Å²) < 4.78 is 6.09. The molecule has 0 unspecified atom stereocenters. The third-order valence-corrected chi connectivity index (χ3v) is 3.02. The van der Waals surface area contributed by atoms with Crippen molar-refractivity contribution in [3.63, 3.8) is 0 Å². The molecule has 0 bridgehead atoms. The number of ether oxygens (including phenoxy) is 1. The summed E-state index contributed by atoms with van der Waals surface area (Å²) in [7, 11) is 0. The number of phenolic OH excluding ortho intramolecular Hbond substituents is 1. The number of halogens is 1.